The minimum Gasteiger partial charge on any atom is -0.480 e. The molecule has 1 aromatic rings. The van der Waals surface area contributed by atoms with Gasteiger partial charge in [0.25, 0.3) is 0 Å². The normalized spacial score (nSPS) is 13.8. The molecule has 210 valence electrons. The number of primary amides is 2. The van der Waals surface area contributed by atoms with E-state index in [2.05, 4.69) is 16.0 Å². The van der Waals surface area contributed by atoms with Crippen LogP contribution in [0.4, 0.5) is 0 Å². The summed E-state index contributed by atoms with van der Waals surface area (Å²) in [5, 5.41) is 16.4. The average Bonchev–Trinajstić information content (AvgIpc) is 2.85. The SMILES string of the molecule is NCCCC[C@H](NC(=O)[C@H](CC(N)=O)NC(=O)[C@H](CCC(N)=O)NC(=O)[C@@H](N)Cc1ccccc1)C(=O)O. The molecule has 0 spiro atoms. The third kappa shape index (κ3) is 12.3. The molecule has 4 atom stereocenters. The molecule has 12 N–H and O–H groups in total. The van der Waals surface area contributed by atoms with E-state index in [9.17, 15) is 33.9 Å². The molecule has 1 aromatic carbocycles. The Morgan fingerprint density at radius 1 is 0.763 bits per heavy atom. The zero-order valence-electron chi connectivity index (χ0n) is 21.1. The molecule has 0 aliphatic carbocycles. The molecule has 0 saturated carbocycles. The summed E-state index contributed by atoms with van der Waals surface area (Å²) in [4.78, 5) is 72.9. The summed E-state index contributed by atoms with van der Waals surface area (Å²) in [6.07, 6.45) is 0.0703. The van der Waals surface area contributed by atoms with Crippen molar-refractivity contribution in [3.8, 4) is 0 Å². The molecule has 0 unspecified atom stereocenters. The summed E-state index contributed by atoms with van der Waals surface area (Å²) in [6.45, 7) is 0.341. The van der Waals surface area contributed by atoms with Gasteiger partial charge in [0.2, 0.25) is 29.5 Å². The fourth-order valence-corrected chi connectivity index (χ4v) is 3.50. The maximum absolute atomic E-state index is 13.0. The van der Waals surface area contributed by atoms with Crippen LogP contribution >= 0.6 is 0 Å². The lowest BCUT2D eigenvalue weighted by molar-refractivity contribution is -0.142. The van der Waals surface area contributed by atoms with Gasteiger partial charge in [0.15, 0.2) is 0 Å². The lowest BCUT2D eigenvalue weighted by Crippen LogP contribution is -2.58. The van der Waals surface area contributed by atoms with E-state index in [4.69, 9.17) is 22.9 Å². The number of rotatable bonds is 18. The number of nitrogens with two attached hydrogens (primary N) is 4. The van der Waals surface area contributed by atoms with E-state index >= 15 is 0 Å². The quantitative estimate of drug-likeness (QED) is 0.0912. The summed E-state index contributed by atoms with van der Waals surface area (Å²) >= 11 is 0. The second-order valence-corrected chi connectivity index (χ2v) is 8.78. The molecule has 0 aromatic heterocycles. The van der Waals surface area contributed by atoms with E-state index in [1.165, 1.54) is 0 Å². The first kappa shape index (κ1) is 32.0. The lowest BCUT2D eigenvalue weighted by atomic mass is 10.0. The van der Waals surface area contributed by atoms with Gasteiger partial charge in [0.1, 0.15) is 18.1 Å². The van der Waals surface area contributed by atoms with Crippen molar-refractivity contribution in [3.63, 3.8) is 0 Å². The van der Waals surface area contributed by atoms with E-state index in [0.717, 1.165) is 5.56 Å². The van der Waals surface area contributed by atoms with E-state index in [0.29, 0.717) is 19.4 Å². The van der Waals surface area contributed by atoms with Gasteiger partial charge in [-0.3, -0.25) is 24.0 Å². The topological polar surface area (TPSA) is 263 Å². The van der Waals surface area contributed by atoms with Crippen LogP contribution in [0.15, 0.2) is 30.3 Å². The Labute approximate surface area is 220 Å². The van der Waals surface area contributed by atoms with Gasteiger partial charge in [-0.05, 0) is 44.2 Å². The van der Waals surface area contributed by atoms with Crippen LogP contribution in [0.2, 0.25) is 0 Å². The minimum absolute atomic E-state index is 0.0755. The highest BCUT2D eigenvalue weighted by Gasteiger charge is 2.31. The third-order valence-corrected chi connectivity index (χ3v) is 5.55. The predicted molar refractivity (Wildman–Crippen MR) is 137 cm³/mol. The molecule has 0 aliphatic heterocycles. The van der Waals surface area contributed by atoms with Crippen molar-refractivity contribution in [2.24, 2.45) is 22.9 Å². The molecule has 1 rings (SSSR count). The van der Waals surface area contributed by atoms with Crippen LogP contribution < -0.4 is 38.9 Å². The number of amides is 5. The Hall–Kier alpha value is -4.04. The van der Waals surface area contributed by atoms with Gasteiger partial charge in [-0.2, -0.15) is 0 Å². The Kier molecular flexibility index (Phi) is 14.0. The van der Waals surface area contributed by atoms with Crippen molar-refractivity contribution in [2.45, 2.75) is 69.1 Å². The zero-order valence-corrected chi connectivity index (χ0v) is 21.1. The lowest BCUT2D eigenvalue weighted by Gasteiger charge is -2.24. The number of carboxylic acid groups (broad SMARTS) is 1. The maximum Gasteiger partial charge on any atom is 0.326 e. The van der Waals surface area contributed by atoms with E-state index < -0.39 is 66.1 Å². The molecule has 38 heavy (non-hydrogen) atoms. The second-order valence-electron chi connectivity index (χ2n) is 8.78. The van der Waals surface area contributed by atoms with Gasteiger partial charge in [-0.1, -0.05) is 30.3 Å². The van der Waals surface area contributed by atoms with Crippen LogP contribution in [-0.4, -0.2) is 71.3 Å². The van der Waals surface area contributed by atoms with Crippen molar-refractivity contribution in [1.29, 1.82) is 0 Å². The first-order valence-corrected chi connectivity index (χ1v) is 12.1. The molecule has 0 radical (unpaired) electrons. The van der Waals surface area contributed by atoms with Gasteiger partial charge >= 0.3 is 5.97 Å². The van der Waals surface area contributed by atoms with E-state index in [1.807, 2.05) is 0 Å². The molecule has 14 heteroatoms. The van der Waals surface area contributed by atoms with Gasteiger partial charge in [-0.25, -0.2) is 4.79 Å². The highest BCUT2D eigenvalue weighted by atomic mass is 16.4. The van der Waals surface area contributed by atoms with Gasteiger partial charge in [0.05, 0.1) is 12.5 Å². The van der Waals surface area contributed by atoms with Crippen molar-refractivity contribution >= 4 is 35.5 Å². The van der Waals surface area contributed by atoms with Crippen LogP contribution in [-0.2, 0) is 35.2 Å². The van der Waals surface area contributed by atoms with Crippen molar-refractivity contribution in [2.75, 3.05) is 6.54 Å². The maximum atomic E-state index is 13.0. The predicted octanol–water partition coefficient (Wildman–Crippen LogP) is -2.63. The number of carboxylic acids is 1. The Balaban J connectivity index is 2.98. The fourth-order valence-electron chi connectivity index (χ4n) is 3.50. The molecule has 0 bridgehead atoms. The summed E-state index contributed by atoms with van der Waals surface area (Å²) in [5.41, 5.74) is 22.6. The third-order valence-electron chi connectivity index (χ3n) is 5.55. The zero-order chi connectivity index (χ0) is 28.7. The smallest absolute Gasteiger partial charge is 0.326 e. The average molecular weight is 536 g/mol. The summed E-state index contributed by atoms with van der Waals surface area (Å²) in [5.74, 6) is -5.55. The largest absolute Gasteiger partial charge is 0.480 e. The van der Waals surface area contributed by atoms with Crippen LogP contribution in [0.25, 0.3) is 0 Å². The van der Waals surface area contributed by atoms with Crippen LogP contribution in [0.3, 0.4) is 0 Å². The molecular weight excluding hydrogens is 498 g/mol. The molecule has 0 saturated heterocycles. The number of hydrogen-bond acceptors (Lipinski definition) is 8. The minimum atomic E-state index is -1.54. The monoisotopic (exact) mass is 535 g/mol. The summed E-state index contributed by atoms with van der Waals surface area (Å²) in [6, 6.07) is 3.72. The standard InChI is InChI=1S/C24H37N7O7/c25-11-5-4-8-17(24(37)38)30-23(36)18(13-20(28)33)31-22(35)16(9-10-19(27)32)29-21(34)15(26)12-14-6-2-1-3-7-14/h1-3,6-7,15-18H,4-5,8-13,25-26H2,(H2,27,32)(H2,28,33)(H,29,34)(H,30,36)(H,31,35)(H,37,38)/t15-,16-,17-,18-/m0/s1. The van der Waals surface area contributed by atoms with Crippen LogP contribution in [0, 0.1) is 0 Å². The molecule has 0 heterocycles. The summed E-state index contributed by atoms with van der Waals surface area (Å²) < 4.78 is 0. The number of hydrogen-bond donors (Lipinski definition) is 8. The Morgan fingerprint density at radius 2 is 1.34 bits per heavy atom. The molecule has 14 nitrogen and oxygen atoms in total. The summed E-state index contributed by atoms with van der Waals surface area (Å²) in [7, 11) is 0. The number of carbonyl (C=O) groups is 6. The first-order valence-electron chi connectivity index (χ1n) is 12.1. The van der Waals surface area contributed by atoms with Crippen LogP contribution in [0.1, 0.15) is 44.1 Å². The van der Waals surface area contributed by atoms with Gasteiger partial charge in [0, 0.05) is 6.42 Å². The molecular formula is C24H37N7O7. The van der Waals surface area contributed by atoms with E-state index in [1.54, 1.807) is 30.3 Å². The number of aliphatic carboxylic acids is 1. The number of carbonyl (C=O) groups excluding carboxylic acids is 5. The molecule has 0 aliphatic rings. The Morgan fingerprint density at radius 3 is 1.89 bits per heavy atom. The highest BCUT2D eigenvalue weighted by Crippen LogP contribution is 2.06. The first-order chi connectivity index (χ1) is 17.9. The number of unbranched alkanes of at least 4 members (excludes halogenated alkanes) is 1. The van der Waals surface area contributed by atoms with Crippen molar-refractivity contribution < 1.29 is 33.9 Å². The van der Waals surface area contributed by atoms with Gasteiger partial charge in [-0.15, -0.1) is 0 Å². The van der Waals surface area contributed by atoms with E-state index in [-0.39, 0.29) is 25.7 Å². The highest BCUT2D eigenvalue weighted by molar-refractivity contribution is 5.96. The van der Waals surface area contributed by atoms with Crippen molar-refractivity contribution in [3.05, 3.63) is 35.9 Å². The molecule has 5 amide bonds. The second kappa shape index (κ2) is 16.7. The number of nitrogens with one attached hydrogen (secondary N) is 3. The number of benzene rings is 1. The molecule has 0 fully saturated rings. The Bertz CT molecular complexity index is 974. The van der Waals surface area contributed by atoms with Crippen molar-refractivity contribution in [1.82, 2.24) is 16.0 Å². The van der Waals surface area contributed by atoms with Crippen LogP contribution in [0.5, 0.6) is 0 Å². The fraction of sp³-hybridized carbons (Fsp3) is 0.500. The van der Waals surface area contributed by atoms with Gasteiger partial charge < -0.3 is 44.0 Å².